The average molecular weight is 219 g/mol. The molecule has 0 radical (unpaired) electrons. The molecule has 2 aromatic heterocycles. The summed E-state index contributed by atoms with van der Waals surface area (Å²) in [5.74, 6) is 7.05. The van der Waals surface area contributed by atoms with Gasteiger partial charge < -0.3 is 5.43 Å². The fourth-order valence-corrected chi connectivity index (χ4v) is 1.47. The van der Waals surface area contributed by atoms with Gasteiger partial charge in [-0.15, -0.1) is 0 Å². The number of hydrogen-bond donors (Lipinski definition) is 3. The summed E-state index contributed by atoms with van der Waals surface area (Å²) in [5, 5.41) is 6.49. The Morgan fingerprint density at radius 3 is 2.81 bits per heavy atom. The van der Waals surface area contributed by atoms with Gasteiger partial charge in [-0.2, -0.15) is 5.10 Å². The van der Waals surface area contributed by atoms with Crippen LogP contribution in [0.2, 0.25) is 0 Å². The van der Waals surface area contributed by atoms with Crippen LogP contribution in [0.4, 0.5) is 5.82 Å². The van der Waals surface area contributed by atoms with E-state index in [4.69, 9.17) is 5.84 Å². The van der Waals surface area contributed by atoms with Crippen molar-refractivity contribution in [3.8, 4) is 11.6 Å². The van der Waals surface area contributed by atoms with Gasteiger partial charge in [-0.1, -0.05) is 6.92 Å². The lowest BCUT2D eigenvalue weighted by molar-refractivity contribution is 0.958. The number of hydrazine groups is 1. The van der Waals surface area contributed by atoms with Crippen molar-refractivity contribution in [2.75, 3.05) is 5.43 Å². The van der Waals surface area contributed by atoms with E-state index in [1.807, 2.05) is 13.8 Å². The molecule has 16 heavy (non-hydrogen) atoms. The minimum atomic E-state index is 0.493. The van der Waals surface area contributed by atoms with Crippen molar-refractivity contribution in [1.82, 2.24) is 25.1 Å². The largest absolute Gasteiger partial charge is 0.308 e. The highest BCUT2D eigenvalue weighted by Gasteiger charge is 2.11. The zero-order valence-electron chi connectivity index (χ0n) is 9.15. The van der Waals surface area contributed by atoms with Crippen molar-refractivity contribution in [1.29, 1.82) is 0 Å². The van der Waals surface area contributed by atoms with E-state index in [9.17, 15) is 0 Å². The van der Waals surface area contributed by atoms with Crippen molar-refractivity contribution >= 4 is 5.82 Å². The van der Waals surface area contributed by atoms with Crippen molar-refractivity contribution in [3.63, 3.8) is 0 Å². The average Bonchev–Trinajstić information content (AvgIpc) is 2.83. The summed E-state index contributed by atoms with van der Waals surface area (Å²) in [6.07, 6.45) is 2.23. The fraction of sp³-hybridized carbons (Fsp3) is 0.333. The van der Waals surface area contributed by atoms with E-state index in [-0.39, 0.29) is 0 Å². The van der Waals surface area contributed by atoms with Crippen LogP contribution < -0.4 is 11.3 Å². The number of rotatable bonds is 3. The number of anilines is 1. The normalized spacial score (nSPS) is 10.4. The minimum absolute atomic E-state index is 0.493. The SMILES string of the molecule is CCc1nc(-c2ncn[nH]2)nc(NN)c1C. The molecule has 0 bridgehead atoms. The van der Waals surface area contributed by atoms with E-state index in [0.717, 1.165) is 17.7 Å². The van der Waals surface area contributed by atoms with E-state index >= 15 is 0 Å². The molecule has 0 spiro atoms. The van der Waals surface area contributed by atoms with E-state index in [1.165, 1.54) is 6.33 Å². The summed E-state index contributed by atoms with van der Waals surface area (Å²) >= 11 is 0. The Morgan fingerprint density at radius 1 is 1.44 bits per heavy atom. The number of hydrogen-bond acceptors (Lipinski definition) is 6. The molecular formula is C9H13N7. The van der Waals surface area contributed by atoms with Crippen molar-refractivity contribution in [2.24, 2.45) is 5.84 Å². The third-order valence-electron chi connectivity index (χ3n) is 2.35. The highest BCUT2D eigenvalue weighted by Crippen LogP contribution is 2.18. The minimum Gasteiger partial charge on any atom is -0.308 e. The third kappa shape index (κ3) is 1.72. The van der Waals surface area contributed by atoms with Crippen LogP contribution in [0, 0.1) is 6.92 Å². The summed E-state index contributed by atoms with van der Waals surface area (Å²) in [4.78, 5) is 12.7. The van der Waals surface area contributed by atoms with Gasteiger partial charge in [-0.3, -0.25) is 5.10 Å². The Bertz CT molecular complexity index is 452. The molecule has 0 aliphatic heterocycles. The van der Waals surface area contributed by atoms with Crippen LogP contribution in [0.25, 0.3) is 11.6 Å². The molecule has 0 fully saturated rings. The number of H-pyrrole nitrogens is 1. The molecule has 2 heterocycles. The molecule has 0 aromatic carbocycles. The standard InChI is InChI=1S/C9H13N7/c1-3-6-5(2)7(15-10)14-9(13-6)8-11-4-12-16-8/h4H,3,10H2,1-2H3,(H,11,12,16)(H,13,14,15). The Morgan fingerprint density at radius 2 is 2.25 bits per heavy atom. The predicted octanol–water partition coefficient (Wildman–Crippen LogP) is 0.418. The Hall–Kier alpha value is -2.02. The zero-order valence-corrected chi connectivity index (χ0v) is 9.15. The molecule has 0 aliphatic carbocycles. The van der Waals surface area contributed by atoms with Gasteiger partial charge in [0.2, 0.25) is 0 Å². The van der Waals surface area contributed by atoms with Gasteiger partial charge in [-0.25, -0.2) is 20.8 Å². The van der Waals surface area contributed by atoms with Gasteiger partial charge in [0.15, 0.2) is 11.6 Å². The van der Waals surface area contributed by atoms with Crippen LogP contribution in [-0.4, -0.2) is 25.1 Å². The van der Waals surface area contributed by atoms with Crippen LogP contribution in [-0.2, 0) is 6.42 Å². The van der Waals surface area contributed by atoms with E-state index in [1.54, 1.807) is 0 Å². The summed E-state index contributed by atoms with van der Waals surface area (Å²) in [5.41, 5.74) is 4.45. The van der Waals surface area contributed by atoms with Gasteiger partial charge >= 0.3 is 0 Å². The molecule has 2 rings (SSSR count). The molecule has 0 atom stereocenters. The smallest absolute Gasteiger partial charge is 0.199 e. The molecule has 2 aromatic rings. The van der Waals surface area contributed by atoms with Crippen LogP contribution in [0.15, 0.2) is 6.33 Å². The molecule has 0 saturated carbocycles. The first-order valence-electron chi connectivity index (χ1n) is 4.96. The van der Waals surface area contributed by atoms with E-state index < -0.39 is 0 Å². The van der Waals surface area contributed by atoms with Crippen molar-refractivity contribution in [3.05, 3.63) is 17.6 Å². The Labute approximate surface area is 92.5 Å². The summed E-state index contributed by atoms with van der Waals surface area (Å²) < 4.78 is 0. The first kappa shape index (κ1) is 10.5. The molecule has 0 aliphatic rings. The van der Waals surface area contributed by atoms with Gasteiger partial charge in [-0.05, 0) is 13.3 Å². The monoisotopic (exact) mass is 219 g/mol. The maximum atomic E-state index is 5.41. The van der Waals surface area contributed by atoms with Crippen LogP contribution in [0.5, 0.6) is 0 Å². The summed E-state index contributed by atoms with van der Waals surface area (Å²) in [7, 11) is 0. The number of nitrogen functional groups attached to an aromatic ring is 1. The molecule has 4 N–H and O–H groups in total. The number of nitrogens with zero attached hydrogens (tertiary/aromatic N) is 4. The second-order valence-corrected chi connectivity index (χ2v) is 3.30. The van der Waals surface area contributed by atoms with E-state index in [0.29, 0.717) is 17.5 Å². The van der Waals surface area contributed by atoms with Crippen LogP contribution in [0.1, 0.15) is 18.2 Å². The van der Waals surface area contributed by atoms with Crippen LogP contribution in [0.3, 0.4) is 0 Å². The molecule has 0 unspecified atom stereocenters. The lowest BCUT2D eigenvalue weighted by Gasteiger charge is -2.09. The van der Waals surface area contributed by atoms with Gasteiger partial charge in [0.1, 0.15) is 12.1 Å². The molecular weight excluding hydrogens is 206 g/mol. The number of nitrogens with two attached hydrogens (primary N) is 1. The van der Waals surface area contributed by atoms with Gasteiger partial charge in [0.25, 0.3) is 0 Å². The maximum absolute atomic E-state index is 5.41. The van der Waals surface area contributed by atoms with Gasteiger partial charge in [0.05, 0.1) is 0 Å². The topological polar surface area (TPSA) is 105 Å². The van der Waals surface area contributed by atoms with Crippen molar-refractivity contribution in [2.45, 2.75) is 20.3 Å². The first-order chi connectivity index (χ1) is 7.76. The lowest BCUT2D eigenvalue weighted by Crippen LogP contribution is -2.13. The highest BCUT2D eigenvalue weighted by molar-refractivity contribution is 5.52. The third-order valence-corrected chi connectivity index (χ3v) is 2.35. The number of nitrogens with one attached hydrogen (secondary N) is 2. The molecule has 0 amide bonds. The first-order valence-corrected chi connectivity index (χ1v) is 4.96. The molecule has 7 heteroatoms. The van der Waals surface area contributed by atoms with Crippen LogP contribution >= 0.6 is 0 Å². The molecule has 84 valence electrons. The Balaban J connectivity index is 2.56. The highest BCUT2D eigenvalue weighted by atomic mass is 15.3. The predicted molar refractivity (Wildman–Crippen MR) is 59.3 cm³/mol. The Kier molecular flexibility index (Phi) is 2.78. The number of aromatic nitrogens is 5. The molecule has 0 saturated heterocycles. The fourth-order valence-electron chi connectivity index (χ4n) is 1.47. The number of aromatic amines is 1. The maximum Gasteiger partial charge on any atom is 0.199 e. The second kappa shape index (κ2) is 4.23. The summed E-state index contributed by atoms with van der Waals surface area (Å²) in [6, 6.07) is 0. The molecule has 7 nitrogen and oxygen atoms in total. The quantitative estimate of drug-likeness (QED) is 0.510. The van der Waals surface area contributed by atoms with Gasteiger partial charge in [0, 0.05) is 11.3 Å². The lowest BCUT2D eigenvalue weighted by atomic mass is 10.2. The number of aryl methyl sites for hydroxylation is 1. The zero-order chi connectivity index (χ0) is 11.5. The van der Waals surface area contributed by atoms with Crippen molar-refractivity contribution < 1.29 is 0 Å². The van der Waals surface area contributed by atoms with E-state index in [2.05, 4.69) is 30.6 Å². The second-order valence-electron chi connectivity index (χ2n) is 3.30. The summed E-state index contributed by atoms with van der Waals surface area (Å²) in [6.45, 7) is 3.96.